The molecule has 0 bridgehead atoms. The molecule has 0 fully saturated rings. The van der Waals surface area contributed by atoms with Gasteiger partial charge in [0, 0.05) is 0 Å². The monoisotopic (exact) mass is 202 g/mol. The number of carbonyl (C=O) groups excluding carboxylic acids is 1. The van der Waals surface area contributed by atoms with E-state index in [1.54, 1.807) is 31.2 Å². The van der Waals surface area contributed by atoms with Crippen LogP contribution in [0.4, 0.5) is 5.69 Å². The Bertz CT molecular complexity index is 402. The number of rotatable bonds is 3. The fourth-order valence-electron chi connectivity index (χ4n) is 0.929. The first-order valence-corrected chi connectivity index (χ1v) is 4.47. The maximum atomic E-state index is 10.9. The Kier molecular flexibility index (Phi) is 4.05. The molecule has 0 saturated carbocycles. The SMILES string of the molecule is CCOC(=O)C=Nc1ccc(C#N)cc1. The number of nitrogens with zero attached hydrogens (tertiary/aromatic N) is 2. The third-order valence-corrected chi connectivity index (χ3v) is 1.60. The van der Waals surface area contributed by atoms with Crippen LogP contribution in [0.3, 0.4) is 0 Å². The number of carbonyl (C=O) groups is 1. The zero-order valence-electron chi connectivity index (χ0n) is 8.30. The minimum absolute atomic E-state index is 0.332. The highest BCUT2D eigenvalue weighted by molar-refractivity contribution is 6.23. The molecule has 0 N–H and O–H groups in total. The number of nitriles is 1. The first-order valence-electron chi connectivity index (χ1n) is 4.47. The van der Waals surface area contributed by atoms with Crippen molar-refractivity contribution >= 4 is 17.9 Å². The number of aliphatic imine (C=N–C) groups is 1. The molecule has 0 spiro atoms. The maximum absolute atomic E-state index is 10.9. The highest BCUT2D eigenvalue weighted by Crippen LogP contribution is 2.11. The van der Waals surface area contributed by atoms with Gasteiger partial charge in [0.2, 0.25) is 0 Å². The van der Waals surface area contributed by atoms with E-state index in [1.807, 2.05) is 6.07 Å². The van der Waals surface area contributed by atoms with Crippen LogP contribution in [0.5, 0.6) is 0 Å². The quantitative estimate of drug-likeness (QED) is 0.554. The largest absolute Gasteiger partial charge is 0.462 e. The lowest BCUT2D eigenvalue weighted by atomic mass is 10.2. The van der Waals surface area contributed by atoms with Crippen LogP contribution < -0.4 is 0 Å². The third-order valence-electron chi connectivity index (χ3n) is 1.60. The summed E-state index contributed by atoms with van der Waals surface area (Å²) < 4.78 is 4.67. The maximum Gasteiger partial charge on any atom is 0.349 e. The first kappa shape index (κ1) is 10.9. The fourth-order valence-corrected chi connectivity index (χ4v) is 0.929. The van der Waals surface area contributed by atoms with Crippen LogP contribution in [0, 0.1) is 11.3 Å². The Morgan fingerprint density at radius 3 is 2.73 bits per heavy atom. The van der Waals surface area contributed by atoms with E-state index in [2.05, 4.69) is 9.73 Å². The Labute approximate surface area is 87.8 Å². The summed E-state index contributed by atoms with van der Waals surface area (Å²) >= 11 is 0. The van der Waals surface area contributed by atoms with E-state index < -0.39 is 5.97 Å². The number of esters is 1. The van der Waals surface area contributed by atoms with Gasteiger partial charge in [0.25, 0.3) is 0 Å². The average molecular weight is 202 g/mol. The summed E-state index contributed by atoms with van der Waals surface area (Å²) in [6.45, 7) is 2.06. The van der Waals surface area contributed by atoms with Crippen LogP contribution in [0.2, 0.25) is 0 Å². The van der Waals surface area contributed by atoms with Crippen molar-refractivity contribution in [3.05, 3.63) is 29.8 Å². The summed E-state index contributed by atoms with van der Waals surface area (Å²) in [5, 5.41) is 8.55. The van der Waals surface area contributed by atoms with Gasteiger partial charge in [-0.05, 0) is 31.2 Å². The van der Waals surface area contributed by atoms with Crippen molar-refractivity contribution in [3.8, 4) is 6.07 Å². The lowest BCUT2D eigenvalue weighted by molar-refractivity contribution is -0.134. The van der Waals surface area contributed by atoms with E-state index in [9.17, 15) is 4.79 Å². The van der Waals surface area contributed by atoms with Gasteiger partial charge in [-0.3, -0.25) is 0 Å². The van der Waals surface area contributed by atoms with E-state index in [4.69, 9.17) is 5.26 Å². The molecule has 0 atom stereocenters. The van der Waals surface area contributed by atoms with E-state index in [0.29, 0.717) is 17.9 Å². The standard InChI is InChI=1S/C11H10N2O2/c1-2-15-11(14)8-13-10-5-3-9(7-12)4-6-10/h3-6,8H,2H2,1H3. The predicted molar refractivity (Wildman–Crippen MR) is 55.9 cm³/mol. The van der Waals surface area contributed by atoms with Crippen LogP contribution >= 0.6 is 0 Å². The Hall–Kier alpha value is -2.15. The van der Waals surface area contributed by atoms with Gasteiger partial charge in [0.15, 0.2) is 0 Å². The lowest BCUT2D eigenvalue weighted by Gasteiger charge is -1.95. The molecule has 76 valence electrons. The molecule has 1 aromatic rings. The summed E-state index contributed by atoms with van der Waals surface area (Å²) in [5.41, 5.74) is 1.17. The summed E-state index contributed by atoms with van der Waals surface area (Å²) in [4.78, 5) is 14.8. The Morgan fingerprint density at radius 1 is 1.53 bits per heavy atom. The zero-order valence-corrected chi connectivity index (χ0v) is 8.30. The molecule has 0 aliphatic heterocycles. The lowest BCUT2D eigenvalue weighted by Crippen LogP contribution is -2.04. The van der Waals surface area contributed by atoms with Crippen LogP contribution in [-0.2, 0) is 9.53 Å². The Balaban J connectivity index is 2.65. The first-order chi connectivity index (χ1) is 7.26. The third kappa shape index (κ3) is 3.61. The molecule has 15 heavy (non-hydrogen) atoms. The van der Waals surface area contributed by atoms with Crippen molar-refractivity contribution < 1.29 is 9.53 Å². The molecule has 1 aromatic carbocycles. The Morgan fingerprint density at radius 2 is 2.20 bits per heavy atom. The molecule has 0 aliphatic rings. The van der Waals surface area contributed by atoms with Gasteiger partial charge in [0.05, 0.1) is 23.9 Å². The highest BCUT2D eigenvalue weighted by Gasteiger charge is 1.95. The molecule has 0 aromatic heterocycles. The fraction of sp³-hybridized carbons (Fsp3) is 0.182. The molecular weight excluding hydrogens is 192 g/mol. The van der Waals surface area contributed by atoms with Gasteiger partial charge in [-0.15, -0.1) is 0 Å². The predicted octanol–water partition coefficient (Wildman–Crippen LogP) is 1.82. The smallest absolute Gasteiger partial charge is 0.349 e. The molecule has 0 heterocycles. The minimum atomic E-state index is -0.471. The van der Waals surface area contributed by atoms with Crippen molar-refractivity contribution in [1.82, 2.24) is 0 Å². The van der Waals surface area contributed by atoms with Crippen LogP contribution in [-0.4, -0.2) is 18.8 Å². The molecule has 0 saturated heterocycles. The number of hydrogen-bond donors (Lipinski definition) is 0. The van der Waals surface area contributed by atoms with E-state index >= 15 is 0 Å². The van der Waals surface area contributed by atoms with Gasteiger partial charge in [-0.2, -0.15) is 5.26 Å². The summed E-state index contributed by atoms with van der Waals surface area (Å²) in [5.74, 6) is -0.471. The summed E-state index contributed by atoms with van der Waals surface area (Å²) in [6, 6.07) is 8.59. The second-order valence-electron chi connectivity index (χ2n) is 2.67. The van der Waals surface area contributed by atoms with Gasteiger partial charge < -0.3 is 4.74 Å². The van der Waals surface area contributed by atoms with Gasteiger partial charge in [0.1, 0.15) is 6.21 Å². The van der Waals surface area contributed by atoms with Crippen molar-refractivity contribution in [2.45, 2.75) is 6.92 Å². The zero-order chi connectivity index (χ0) is 11.1. The molecule has 0 unspecified atom stereocenters. The van der Waals surface area contributed by atoms with Crippen LogP contribution in [0.1, 0.15) is 12.5 Å². The van der Waals surface area contributed by atoms with E-state index in [1.165, 1.54) is 0 Å². The van der Waals surface area contributed by atoms with E-state index in [-0.39, 0.29) is 0 Å². The average Bonchev–Trinajstić information content (AvgIpc) is 2.27. The van der Waals surface area contributed by atoms with Gasteiger partial charge >= 0.3 is 5.97 Å². The van der Waals surface area contributed by atoms with Crippen molar-refractivity contribution in [1.29, 1.82) is 5.26 Å². The molecule has 4 heteroatoms. The number of ether oxygens (including phenoxy) is 1. The molecule has 1 rings (SSSR count). The van der Waals surface area contributed by atoms with Crippen molar-refractivity contribution in [2.24, 2.45) is 4.99 Å². The second-order valence-corrected chi connectivity index (χ2v) is 2.67. The van der Waals surface area contributed by atoms with Crippen LogP contribution in [0.15, 0.2) is 29.3 Å². The van der Waals surface area contributed by atoms with Gasteiger partial charge in [-0.25, -0.2) is 9.79 Å². The van der Waals surface area contributed by atoms with E-state index in [0.717, 1.165) is 6.21 Å². The molecule has 0 aliphatic carbocycles. The number of hydrogen-bond acceptors (Lipinski definition) is 4. The van der Waals surface area contributed by atoms with Crippen LogP contribution in [0.25, 0.3) is 0 Å². The second kappa shape index (κ2) is 5.55. The topological polar surface area (TPSA) is 62.4 Å². The summed E-state index contributed by atoms with van der Waals surface area (Å²) in [7, 11) is 0. The van der Waals surface area contributed by atoms with Crippen molar-refractivity contribution in [3.63, 3.8) is 0 Å². The molecule has 0 radical (unpaired) electrons. The van der Waals surface area contributed by atoms with Crippen molar-refractivity contribution in [2.75, 3.05) is 6.61 Å². The summed E-state index contributed by atoms with van der Waals surface area (Å²) in [6.07, 6.45) is 1.12. The molecule has 0 amide bonds. The molecule has 4 nitrogen and oxygen atoms in total. The molecular formula is C11H10N2O2. The normalized spacial score (nSPS) is 9.87. The number of benzene rings is 1. The van der Waals surface area contributed by atoms with Gasteiger partial charge in [-0.1, -0.05) is 0 Å². The minimum Gasteiger partial charge on any atom is -0.462 e. The highest BCUT2D eigenvalue weighted by atomic mass is 16.5.